The van der Waals surface area contributed by atoms with Crippen LogP contribution in [-0.4, -0.2) is 29.6 Å². The Morgan fingerprint density at radius 1 is 1.38 bits per heavy atom. The monoisotopic (exact) mass is 216 g/mol. The molecule has 0 bridgehead atoms. The molecule has 0 fully saturated rings. The maximum atomic E-state index is 5.63. The van der Waals surface area contributed by atoms with Crippen LogP contribution in [0.15, 0.2) is 30.5 Å². The van der Waals surface area contributed by atoms with E-state index in [1.54, 1.807) is 0 Å². The highest BCUT2D eigenvalue weighted by Gasteiger charge is 2.10. The van der Waals surface area contributed by atoms with E-state index < -0.39 is 0 Å². The molecule has 1 heterocycles. The molecule has 0 amide bonds. The van der Waals surface area contributed by atoms with Gasteiger partial charge in [0.15, 0.2) is 0 Å². The lowest BCUT2D eigenvalue weighted by atomic mass is 10.2. The lowest BCUT2D eigenvalue weighted by Crippen LogP contribution is -2.36. The molecule has 0 aliphatic carbocycles. The average Bonchev–Trinajstić information content (AvgIpc) is 2.36. The zero-order valence-electron chi connectivity index (χ0n) is 9.59. The van der Waals surface area contributed by atoms with Crippen molar-refractivity contribution in [2.24, 2.45) is 5.73 Å². The van der Waals surface area contributed by atoms with Gasteiger partial charge in [-0.15, -0.1) is 0 Å². The van der Waals surface area contributed by atoms with Gasteiger partial charge < -0.3 is 10.6 Å². The Morgan fingerprint density at radius 2 is 2.12 bits per heavy atom. The van der Waals surface area contributed by atoms with E-state index in [-0.39, 0.29) is 6.04 Å². The standard InChI is InChI=1S/C12H16N4/c1-9(7-13)16(2)12-14-8-10-5-3-4-6-11(10)15-12/h3-6,8-9H,7,13H2,1-2H3. The van der Waals surface area contributed by atoms with E-state index >= 15 is 0 Å². The van der Waals surface area contributed by atoms with Gasteiger partial charge in [-0.2, -0.15) is 0 Å². The van der Waals surface area contributed by atoms with Crippen molar-refractivity contribution in [3.05, 3.63) is 30.5 Å². The molecule has 1 aromatic carbocycles. The SMILES string of the molecule is CC(CN)N(C)c1ncc2ccccc2n1. The lowest BCUT2D eigenvalue weighted by molar-refractivity contribution is 0.679. The summed E-state index contributed by atoms with van der Waals surface area (Å²) < 4.78 is 0. The number of likely N-dealkylation sites (N-methyl/N-ethyl adjacent to an activating group) is 1. The van der Waals surface area contributed by atoms with Gasteiger partial charge in [-0.25, -0.2) is 9.97 Å². The normalized spacial score (nSPS) is 12.7. The van der Waals surface area contributed by atoms with Gasteiger partial charge >= 0.3 is 0 Å². The minimum absolute atomic E-state index is 0.237. The van der Waals surface area contributed by atoms with Crippen LogP contribution in [0.5, 0.6) is 0 Å². The molecule has 84 valence electrons. The van der Waals surface area contributed by atoms with Crippen LogP contribution in [0.1, 0.15) is 6.92 Å². The summed E-state index contributed by atoms with van der Waals surface area (Å²) in [6.07, 6.45) is 1.84. The Kier molecular flexibility index (Phi) is 3.01. The van der Waals surface area contributed by atoms with E-state index in [0.29, 0.717) is 6.54 Å². The first-order valence-electron chi connectivity index (χ1n) is 5.37. The zero-order valence-corrected chi connectivity index (χ0v) is 9.59. The summed E-state index contributed by atoms with van der Waals surface area (Å²) in [5, 5.41) is 1.06. The Morgan fingerprint density at radius 3 is 2.88 bits per heavy atom. The number of hydrogen-bond donors (Lipinski definition) is 1. The quantitative estimate of drug-likeness (QED) is 0.843. The highest BCUT2D eigenvalue weighted by molar-refractivity contribution is 5.78. The highest BCUT2D eigenvalue weighted by Crippen LogP contribution is 2.14. The molecule has 0 aliphatic rings. The first kappa shape index (κ1) is 10.8. The fourth-order valence-corrected chi connectivity index (χ4v) is 1.49. The number of nitrogens with two attached hydrogens (primary N) is 1. The van der Waals surface area contributed by atoms with Gasteiger partial charge in [0.2, 0.25) is 5.95 Å². The van der Waals surface area contributed by atoms with Crippen LogP contribution in [0.25, 0.3) is 10.9 Å². The summed E-state index contributed by atoms with van der Waals surface area (Å²) in [6.45, 7) is 2.64. The highest BCUT2D eigenvalue weighted by atomic mass is 15.2. The van der Waals surface area contributed by atoms with E-state index in [1.807, 2.05) is 42.4 Å². The second kappa shape index (κ2) is 4.45. The van der Waals surface area contributed by atoms with Crippen molar-refractivity contribution in [1.82, 2.24) is 9.97 Å². The molecule has 0 saturated heterocycles. The van der Waals surface area contributed by atoms with Crippen LogP contribution in [0, 0.1) is 0 Å². The summed E-state index contributed by atoms with van der Waals surface area (Å²) in [5.41, 5.74) is 6.59. The molecule has 4 nitrogen and oxygen atoms in total. The van der Waals surface area contributed by atoms with Crippen molar-refractivity contribution >= 4 is 16.9 Å². The van der Waals surface area contributed by atoms with E-state index in [9.17, 15) is 0 Å². The third-order valence-corrected chi connectivity index (χ3v) is 2.79. The van der Waals surface area contributed by atoms with Crippen molar-refractivity contribution < 1.29 is 0 Å². The van der Waals surface area contributed by atoms with E-state index in [1.165, 1.54) is 0 Å². The number of hydrogen-bond acceptors (Lipinski definition) is 4. The van der Waals surface area contributed by atoms with Crippen LogP contribution in [0.3, 0.4) is 0 Å². The molecule has 1 aromatic heterocycles. The maximum absolute atomic E-state index is 5.63. The molecule has 0 spiro atoms. The predicted octanol–water partition coefficient (Wildman–Crippen LogP) is 1.41. The minimum atomic E-state index is 0.237. The number of anilines is 1. The molecule has 0 saturated carbocycles. The molecule has 0 radical (unpaired) electrons. The Balaban J connectivity index is 2.39. The predicted molar refractivity (Wildman–Crippen MR) is 66.5 cm³/mol. The summed E-state index contributed by atoms with van der Waals surface area (Å²) >= 11 is 0. The Hall–Kier alpha value is -1.68. The third-order valence-electron chi connectivity index (χ3n) is 2.79. The number of fused-ring (bicyclic) bond motifs is 1. The molecular weight excluding hydrogens is 200 g/mol. The first-order chi connectivity index (χ1) is 7.72. The van der Waals surface area contributed by atoms with Crippen molar-refractivity contribution in [2.45, 2.75) is 13.0 Å². The van der Waals surface area contributed by atoms with Crippen LogP contribution in [0.4, 0.5) is 5.95 Å². The molecular formula is C12H16N4. The summed E-state index contributed by atoms with van der Waals surface area (Å²) in [4.78, 5) is 10.8. The second-order valence-corrected chi connectivity index (χ2v) is 3.92. The van der Waals surface area contributed by atoms with Gasteiger partial charge in [0, 0.05) is 31.2 Å². The number of benzene rings is 1. The van der Waals surface area contributed by atoms with Gasteiger partial charge in [-0.05, 0) is 13.0 Å². The van der Waals surface area contributed by atoms with Gasteiger partial charge in [0.25, 0.3) is 0 Å². The lowest BCUT2D eigenvalue weighted by Gasteiger charge is -2.23. The number of para-hydroxylation sites is 1. The smallest absolute Gasteiger partial charge is 0.225 e. The van der Waals surface area contributed by atoms with Crippen molar-refractivity contribution in [3.8, 4) is 0 Å². The second-order valence-electron chi connectivity index (χ2n) is 3.92. The summed E-state index contributed by atoms with van der Waals surface area (Å²) in [5.74, 6) is 0.719. The number of nitrogens with zero attached hydrogens (tertiary/aromatic N) is 3. The molecule has 1 atom stereocenters. The molecule has 2 aromatic rings. The largest absolute Gasteiger partial charge is 0.340 e. The van der Waals surface area contributed by atoms with Crippen LogP contribution >= 0.6 is 0 Å². The number of aromatic nitrogens is 2. The van der Waals surface area contributed by atoms with Crippen LogP contribution in [-0.2, 0) is 0 Å². The molecule has 4 heteroatoms. The summed E-state index contributed by atoms with van der Waals surface area (Å²) in [7, 11) is 1.96. The summed E-state index contributed by atoms with van der Waals surface area (Å²) in [6, 6.07) is 8.19. The third kappa shape index (κ3) is 1.97. The Bertz CT molecular complexity index is 483. The maximum Gasteiger partial charge on any atom is 0.225 e. The van der Waals surface area contributed by atoms with Crippen LogP contribution < -0.4 is 10.6 Å². The van der Waals surface area contributed by atoms with Gasteiger partial charge in [-0.1, -0.05) is 18.2 Å². The van der Waals surface area contributed by atoms with Crippen molar-refractivity contribution in [2.75, 3.05) is 18.5 Å². The van der Waals surface area contributed by atoms with E-state index in [0.717, 1.165) is 16.9 Å². The van der Waals surface area contributed by atoms with Crippen molar-refractivity contribution in [3.63, 3.8) is 0 Å². The van der Waals surface area contributed by atoms with Gasteiger partial charge in [0.05, 0.1) is 5.52 Å². The van der Waals surface area contributed by atoms with Gasteiger partial charge in [0.1, 0.15) is 0 Å². The van der Waals surface area contributed by atoms with Crippen LogP contribution in [0.2, 0.25) is 0 Å². The van der Waals surface area contributed by atoms with E-state index in [2.05, 4.69) is 16.9 Å². The molecule has 1 unspecified atom stereocenters. The molecule has 2 N–H and O–H groups in total. The fourth-order valence-electron chi connectivity index (χ4n) is 1.49. The molecule has 0 aliphatic heterocycles. The average molecular weight is 216 g/mol. The Labute approximate surface area is 95.1 Å². The van der Waals surface area contributed by atoms with Gasteiger partial charge in [-0.3, -0.25) is 0 Å². The molecule has 16 heavy (non-hydrogen) atoms. The first-order valence-corrected chi connectivity index (χ1v) is 5.37. The zero-order chi connectivity index (χ0) is 11.5. The minimum Gasteiger partial charge on any atom is -0.340 e. The molecule has 2 rings (SSSR count). The topological polar surface area (TPSA) is 55.0 Å². The van der Waals surface area contributed by atoms with Crippen molar-refractivity contribution in [1.29, 1.82) is 0 Å². The van der Waals surface area contributed by atoms with E-state index in [4.69, 9.17) is 5.73 Å². The number of rotatable bonds is 3. The fraction of sp³-hybridized carbons (Fsp3) is 0.333.